The molecule has 0 aromatic rings. The van der Waals surface area contributed by atoms with Gasteiger partial charge in [-0.3, -0.25) is 4.84 Å². The number of hydrogen-bond acceptors (Lipinski definition) is 3. The smallest absolute Gasteiger partial charge is 0.395 e. The van der Waals surface area contributed by atoms with E-state index in [-0.39, 0.29) is 12.0 Å². The summed E-state index contributed by atoms with van der Waals surface area (Å²) >= 11 is 0. The molecular formula is C8H16F3NO2. The van der Waals surface area contributed by atoms with Crippen molar-refractivity contribution < 1.29 is 23.1 Å². The Kier molecular flexibility index (Phi) is 4.83. The summed E-state index contributed by atoms with van der Waals surface area (Å²) in [6.07, 6.45) is -4.36. The highest BCUT2D eigenvalue weighted by Crippen LogP contribution is 2.19. The highest BCUT2D eigenvalue weighted by molar-refractivity contribution is 4.76. The van der Waals surface area contributed by atoms with E-state index in [1.54, 1.807) is 20.8 Å². The molecule has 0 fully saturated rings. The van der Waals surface area contributed by atoms with Crippen LogP contribution in [-0.4, -0.2) is 30.5 Å². The normalized spacial score (nSPS) is 15.6. The third-order valence-corrected chi connectivity index (χ3v) is 1.69. The van der Waals surface area contributed by atoms with Crippen LogP contribution in [-0.2, 0) is 4.84 Å². The van der Waals surface area contributed by atoms with Crippen LogP contribution in [0.2, 0.25) is 0 Å². The van der Waals surface area contributed by atoms with Gasteiger partial charge in [0.2, 0.25) is 0 Å². The van der Waals surface area contributed by atoms with Gasteiger partial charge in [-0.05, 0) is 5.41 Å². The molecular weight excluding hydrogens is 199 g/mol. The summed E-state index contributed by atoms with van der Waals surface area (Å²) in [4.78, 5) is 4.24. The van der Waals surface area contributed by atoms with Crippen LogP contribution in [0.5, 0.6) is 0 Å². The van der Waals surface area contributed by atoms with E-state index in [9.17, 15) is 13.2 Å². The average molecular weight is 215 g/mol. The fourth-order valence-electron chi connectivity index (χ4n) is 0.712. The quantitative estimate of drug-likeness (QED) is 0.698. The first-order chi connectivity index (χ1) is 6.17. The Balaban J connectivity index is 3.87. The van der Waals surface area contributed by atoms with Gasteiger partial charge in [0, 0.05) is 0 Å². The van der Waals surface area contributed by atoms with Crippen LogP contribution in [0, 0.1) is 5.41 Å². The summed E-state index contributed by atoms with van der Waals surface area (Å²) in [5.74, 6) is 0. The molecule has 0 rings (SSSR count). The SMILES string of the molecule is CC(C)(C)C(CO)NOCC(F)(F)F. The highest BCUT2D eigenvalue weighted by Gasteiger charge is 2.30. The summed E-state index contributed by atoms with van der Waals surface area (Å²) in [7, 11) is 0. The molecule has 6 heteroatoms. The Morgan fingerprint density at radius 3 is 2.07 bits per heavy atom. The van der Waals surface area contributed by atoms with E-state index in [2.05, 4.69) is 10.3 Å². The summed E-state index contributed by atoms with van der Waals surface area (Å²) in [5, 5.41) is 8.87. The van der Waals surface area contributed by atoms with Crippen molar-refractivity contribution in [3.8, 4) is 0 Å². The second-order valence-corrected chi connectivity index (χ2v) is 4.12. The molecule has 0 amide bonds. The van der Waals surface area contributed by atoms with E-state index in [1.165, 1.54) is 0 Å². The monoisotopic (exact) mass is 215 g/mol. The predicted molar refractivity (Wildman–Crippen MR) is 45.5 cm³/mol. The molecule has 0 aliphatic carbocycles. The van der Waals surface area contributed by atoms with Gasteiger partial charge in [-0.25, -0.2) is 0 Å². The summed E-state index contributed by atoms with van der Waals surface area (Å²) in [6, 6.07) is -0.523. The second kappa shape index (κ2) is 4.95. The molecule has 0 bridgehead atoms. The first-order valence-electron chi connectivity index (χ1n) is 4.22. The molecule has 0 spiro atoms. The van der Waals surface area contributed by atoms with E-state index < -0.39 is 18.8 Å². The van der Waals surface area contributed by atoms with Crippen molar-refractivity contribution in [2.24, 2.45) is 5.41 Å². The van der Waals surface area contributed by atoms with Crippen molar-refractivity contribution in [1.82, 2.24) is 5.48 Å². The van der Waals surface area contributed by atoms with Gasteiger partial charge in [0.25, 0.3) is 0 Å². The van der Waals surface area contributed by atoms with E-state index in [4.69, 9.17) is 5.11 Å². The molecule has 0 saturated carbocycles. The Morgan fingerprint density at radius 1 is 1.29 bits per heavy atom. The molecule has 0 aliphatic rings. The minimum atomic E-state index is -4.36. The maximum absolute atomic E-state index is 11.7. The molecule has 0 aromatic heterocycles. The fraction of sp³-hybridized carbons (Fsp3) is 1.00. The van der Waals surface area contributed by atoms with Gasteiger partial charge in [-0.15, -0.1) is 0 Å². The number of nitrogens with one attached hydrogen (secondary N) is 1. The summed E-state index contributed by atoms with van der Waals surface area (Å²) < 4.78 is 35.0. The van der Waals surface area contributed by atoms with E-state index in [0.717, 1.165) is 0 Å². The lowest BCUT2D eigenvalue weighted by Crippen LogP contribution is -2.44. The fourth-order valence-corrected chi connectivity index (χ4v) is 0.712. The molecule has 1 atom stereocenters. The molecule has 0 heterocycles. The first-order valence-corrected chi connectivity index (χ1v) is 4.22. The lowest BCUT2D eigenvalue weighted by Gasteiger charge is -2.29. The minimum absolute atomic E-state index is 0.276. The minimum Gasteiger partial charge on any atom is -0.395 e. The van der Waals surface area contributed by atoms with Crippen molar-refractivity contribution in [1.29, 1.82) is 0 Å². The molecule has 0 aliphatic heterocycles. The van der Waals surface area contributed by atoms with Gasteiger partial charge in [0.15, 0.2) is 6.61 Å². The molecule has 0 radical (unpaired) electrons. The van der Waals surface area contributed by atoms with Gasteiger partial charge < -0.3 is 5.11 Å². The predicted octanol–water partition coefficient (Wildman–Crippen LogP) is 1.48. The number of halogens is 3. The lowest BCUT2D eigenvalue weighted by molar-refractivity contribution is -0.197. The molecule has 2 N–H and O–H groups in total. The number of hydroxylamine groups is 1. The topological polar surface area (TPSA) is 41.5 Å². The van der Waals surface area contributed by atoms with Gasteiger partial charge in [0.05, 0.1) is 12.6 Å². The maximum Gasteiger partial charge on any atom is 0.413 e. The van der Waals surface area contributed by atoms with E-state index in [1.807, 2.05) is 0 Å². The number of aliphatic hydroxyl groups excluding tert-OH is 1. The van der Waals surface area contributed by atoms with Crippen LogP contribution >= 0.6 is 0 Å². The molecule has 14 heavy (non-hydrogen) atoms. The number of rotatable bonds is 4. The largest absolute Gasteiger partial charge is 0.413 e. The number of aliphatic hydroxyl groups is 1. The Hall–Kier alpha value is -0.330. The van der Waals surface area contributed by atoms with Crippen molar-refractivity contribution in [2.45, 2.75) is 33.0 Å². The summed E-state index contributed by atoms with van der Waals surface area (Å²) in [5.41, 5.74) is 1.84. The molecule has 0 aromatic carbocycles. The number of alkyl halides is 3. The molecule has 86 valence electrons. The maximum atomic E-state index is 11.7. The second-order valence-electron chi connectivity index (χ2n) is 4.12. The standard InChI is InChI=1S/C8H16F3NO2/c1-7(2,3)6(4-13)12-14-5-8(9,10)11/h6,12-13H,4-5H2,1-3H3. The highest BCUT2D eigenvalue weighted by atomic mass is 19.4. The zero-order valence-corrected chi connectivity index (χ0v) is 8.48. The van der Waals surface area contributed by atoms with E-state index in [0.29, 0.717) is 0 Å². The zero-order chi connectivity index (χ0) is 11.4. The van der Waals surface area contributed by atoms with Crippen molar-refractivity contribution >= 4 is 0 Å². The van der Waals surface area contributed by atoms with Gasteiger partial charge in [0.1, 0.15) is 0 Å². The molecule has 0 saturated heterocycles. The Morgan fingerprint density at radius 2 is 1.79 bits per heavy atom. The third kappa shape index (κ3) is 6.17. The van der Waals surface area contributed by atoms with Gasteiger partial charge >= 0.3 is 6.18 Å². The van der Waals surface area contributed by atoms with Crippen LogP contribution < -0.4 is 5.48 Å². The molecule has 1 unspecified atom stereocenters. The van der Waals surface area contributed by atoms with Crippen molar-refractivity contribution in [2.75, 3.05) is 13.2 Å². The van der Waals surface area contributed by atoms with Crippen LogP contribution in [0.1, 0.15) is 20.8 Å². The molecule has 3 nitrogen and oxygen atoms in total. The van der Waals surface area contributed by atoms with Gasteiger partial charge in [-0.2, -0.15) is 18.7 Å². The van der Waals surface area contributed by atoms with Crippen LogP contribution in [0.4, 0.5) is 13.2 Å². The van der Waals surface area contributed by atoms with Crippen LogP contribution in [0.3, 0.4) is 0 Å². The van der Waals surface area contributed by atoms with Gasteiger partial charge in [-0.1, -0.05) is 20.8 Å². The average Bonchev–Trinajstić information content (AvgIpc) is 1.93. The number of hydrogen-bond donors (Lipinski definition) is 2. The lowest BCUT2D eigenvalue weighted by atomic mass is 9.88. The van der Waals surface area contributed by atoms with Crippen molar-refractivity contribution in [3.05, 3.63) is 0 Å². The van der Waals surface area contributed by atoms with Crippen LogP contribution in [0.15, 0.2) is 0 Å². The van der Waals surface area contributed by atoms with Crippen molar-refractivity contribution in [3.63, 3.8) is 0 Å². The Labute approximate surface area is 81.2 Å². The van der Waals surface area contributed by atoms with Crippen LogP contribution in [0.25, 0.3) is 0 Å². The van der Waals surface area contributed by atoms with E-state index >= 15 is 0 Å². The zero-order valence-electron chi connectivity index (χ0n) is 8.48. The third-order valence-electron chi connectivity index (χ3n) is 1.69. The Bertz CT molecular complexity index is 165. The summed E-state index contributed by atoms with van der Waals surface area (Å²) in [6.45, 7) is 3.73. The first kappa shape index (κ1) is 13.7.